The molecule has 1 amide bonds. The number of aliphatic hydroxyl groups is 1. The highest BCUT2D eigenvalue weighted by Gasteiger charge is 2.18. The molecule has 0 fully saturated rings. The molecule has 3 N–H and O–H groups in total. The zero-order valence-corrected chi connectivity index (χ0v) is 11.6. The summed E-state index contributed by atoms with van der Waals surface area (Å²) in [4.78, 5) is 11.7. The number of hydrogen-bond donors (Lipinski definition) is 3. The molecule has 0 saturated heterocycles. The Bertz CT molecular complexity index is 416. The summed E-state index contributed by atoms with van der Waals surface area (Å²) >= 11 is 0. The van der Waals surface area contributed by atoms with Crippen molar-refractivity contribution < 1.29 is 15.0 Å². The van der Waals surface area contributed by atoms with Crippen LogP contribution in [0.25, 0.3) is 0 Å². The van der Waals surface area contributed by atoms with Gasteiger partial charge in [0.2, 0.25) is 5.91 Å². The van der Waals surface area contributed by atoms with Crippen molar-refractivity contribution in [2.75, 3.05) is 13.2 Å². The summed E-state index contributed by atoms with van der Waals surface area (Å²) in [5.41, 5.74) is 0.687. The molecule has 1 rings (SSSR count). The number of rotatable bonds is 7. The van der Waals surface area contributed by atoms with Gasteiger partial charge in [0.15, 0.2) is 0 Å². The second kappa shape index (κ2) is 7.14. The van der Waals surface area contributed by atoms with Crippen molar-refractivity contribution in [1.29, 1.82) is 0 Å². The van der Waals surface area contributed by atoms with E-state index in [1.54, 1.807) is 12.1 Å². The molecule has 0 aromatic heterocycles. The van der Waals surface area contributed by atoms with Crippen LogP contribution in [0.5, 0.6) is 5.75 Å². The van der Waals surface area contributed by atoms with Crippen LogP contribution in [0.2, 0.25) is 0 Å². The monoisotopic (exact) mass is 265 g/mol. The van der Waals surface area contributed by atoms with Crippen LogP contribution in [0.3, 0.4) is 0 Å². The van der Waals surface area contributed by atoms with Gasteiger partial charge in [0.25, 0.3) is 0 Å². The van der Waals surface area contributed by atoms with E-state index in [0.717, 1.165) is 5.56 Å². The topological polar surface area (TPSA) is 69.6 Å². The quantitative estimate of drug-likeness (QED) is 0.704. The predicted octanol–water partition coefficient (Wildman–Crippen LogP) is 1.85. The van der Waals surface area contributed by atoms with Crippen LogP contribution in [0.4, 0.5) is 0 Å². The molecular formula is C15H23NO3. The minimum absolute atomic E-state index is 0.0331. The lowest BCUT2D eigenvalue weighted by Gasteiger charge is -2.23. The first-order valence-corrected chi connectivity index (χ1v) is 6.59. The van der Waals surface area contributed by atoms with E-state index in [2.05, 4.69) is 5.32 Å². The number of aliphatic hydroxyl groups excluding tert-OH is 1. The fraction of sp³-hybridized carbons (Fsp3) is 0.533. The number of carbonyl (C=O) groups is 1. The van der Waals surface area contributed by atoms with Gasteiger partial charge >= 0.3 is 0 Å². The average molecular weight is 265 g/mol. The molecular weight excluding hydrogens is 242 g/mol. The molecule has 0 saturated carbocycles. The van der Waals surface area contributed by atoms with E-state index in [-0.39, 0.29) is 23.7 Å². The lowest BCUT2D eigenvalue weighted by Crippen LogP contribution is -2.34. The summed E-state index contributed by atoms with van der Waals surface area (Å²) in [5, 5.41) is 21.4. The van der Waals surface area contributed by atoms with Gasteiger partial charge in [-0.05, 0) is 29.9 Å². The molecule has 0 heterocycles. The van der Waals surface area contributed by atoms with Gasteiger partial charge in [-0.1, -0.05) is 32.0 Å². The number of hydrogen-bond acceptors (Lipinski definition) is 3. The Morgan fingerprint density at radius 3 is 2.63 bits per heavy atom. The van der Waals surface area contributed by atoms with Crippen molar-refractivity contribution in [3.63, 3.8) is 0 Å². The number of amides is 1. The normalized spacial score (nSPS) is 11.3. The Morgan fingerprint density at radius 2 is 2.00 bits per heavy atom. The molecule has 1 aromatic rings. The third-order valence-electron chi connectivity index (χ3n) is 3.17. The van der Waals surface area contributed by atoms with Gasteiger partial charge in [-0.2, -0.15) is 0 Å². The van der Waals surface area contributed by atoms with Gasteiger partial charge in [-0.25, -0.2) is 0 Å². The summed E-state index contributed by atoms with van der Waals surface area (Å²) in [6, 6.07) is 7.05. The van der Waals surface area contributed by atoms with E-state index in [1.807, 2.05) is 26.0 Å². The van der Waals surface area contributed by atoms with Gasteiger partial charge in [0.05, 0.1) is 0 Å². The van der Waals surface area contributed by atoms with Crippen LogP contribution in [0, 0.1) is 5.41 Å². The van der Waals surface area contributed by atoms with Crippen molar-refractivity contribution in [3.05, 3.63) is 29.8 Å². The molecule has 4 nitrogen and oxygen atoms in total. The fourth-order valence-corrected chi connectivity index (χ4v) is 1.79. The number of para-hydroxylation sites is 1. The number of carbonyl (C=O) groups excluding carboxylic acids is 1. The van der Waals surface area contributed by atoms with Crippen molar-refractivity contribution in [3.8, 4) is 5.75 Å². The SMILES string of the molecule is CC(C)(CCO)CNC(=O)CCc1ccccc1O. The Morgan fingerprint density at radius 1 is 1.32 bits per heavy atom. The largest absolute Gasteiger partial charge is 0.508 e. The van der Waals surface area contributed by atoms with E-state index >= 15 is 0 Å². The first-order chi connectivity index (χ1) is 8.94. The van der Waals surface area contributed by atoms with Crippen LogP contribution in [0.15, 0.2) is 24.3 Å². The summed E-state index contributed by atoms with van der Waals surface area (Å²) in [5.74, 6) is 0.199. The highest BCUT2D eigenvalue weighted by atomic mass is 16.3. The van der Waals surface area contributed by atoms with Gasteiger partial charge in [-0.15, -0.1) is 0 Å². The molecule has 106 valence electrons. The number of nitrogens with one attached hydrogen (secondary N) is 1. The number of aryl methyl sites for hydroxylation is 1. The number of phenols is 1. The minimum Gasteiger partial charge on any atom is -0.508 e. The molecule has 0 unspecified atom stereocenters. The smallest absolute Gasteiger partial charge is 0.220 e. The first kappa shape index (κ1) is 15.5. The lowest BCUT2D eigenvalue weighted by molar-refractivity contribution is -0.121. The molecule has 4 heteroatoms. The zero-order valence-electron chi connectivity index (χ0n) is 11.6. The standard InChI is InChI=1S/C15H23NO3/c1-15(2,9-10-17)11-16-14(19)8-7-12-5-3-4-6-13(12)18/h3-6,17-18H,7-11H2,1-2H3,(H,16,19). The molecule has 0 aliphatic heterocycles. The van der Waals surface area contributed by atoms with Gasteiger partial charge in [0, 0.05) is 19.6 Å². The number of phenolic OH excluding ortho intramolecular Hbond substituents is 1. The maximum absolute atomic E-state index is 11.7. The fourth-order valence-electron chi connectivity index (χ4n) is 1.79. The van der Waals surface area contributed by atoms with Gasteiger partial charge in [-0.3, -0.25) is 4.79 Å². The second-order valence-electron chi connectivity index (χ2n) is 5.54. The Kier molecular flexibility index (Phi) is 5.83. The van der Waals surface area contributed by atoms with Crippen LogP contribution < -0.4 is 5.32 Å². The maximum Gasteiger partial charge on any atom is 0.220 e. The van der Waals surface area contributed by atoms with E-state index in [9.17, 15) is 9.90 Å². The van der Waals surface area contributed by atoms with Crippen LogP contribution in [-0.2, 0) is 11.2 Å². The van der Waals surface area contributed by atoms with Crippen molar-refractivity contribution in [2.45, 2.75) is 33.1 Å². The Balaban J connectivity index is 2.35. The van der Waals surface area contributed by atoms with Gasteiger partial charge < -0.3 is 15.5 Å². The summed E-state index contributed by atoms with van der Waals surface area (Å²) in [6.45, 7) is 4.69. The molecule has 0 spiro atoms. The first-order valence-electron chi connectivity index (χ1n) is 6.59. The van der Waals surface area contributed by atoms with E-state index in [0.29, 0.717) is 25.8 Å². The summed E-state index contributed by atoms with van der Waals surface area (Å²) in [7, 11) is 0. The van der Waals surface area contributed by atoms with Crippen LogP contribution >= 0.6 is 0 Å². The van der Waals surface area contributed by atoms with Crippen LogP contribution in [-0.4, -0.2) is 29.3 Å². The molecule has 0 aliphatic carbocycles. The molecule has 0 radical (unpaired) electrons. The van der Waals surface area contributed by atoms with Crippen molar-refractivity contribution in [2.24, 2.45) is 5.41 Å². The average Bonchev–Trinajstić information content (AvgIpc) is 2.35. The van der Waals surface area contributed by atoms with Crippen molar-refractivity contribution >= 4 is 5.91 Å². The van der Waals surface area contributed by atoms with Gasteiger partial charge in [0.1, 0.15) is 5.75 Å². The molecule has 0 bridgehead atoms. The van der Waals surface area contributed by atoms with E-state index in [1.165, 1.54) is 0 Å². The van der Waals surface area contributed by atoms with Crippen LogP contribution in [0.1, 0.15) is 32.3 Å². The lowest BCUT2D eigenvalue weighted by atomic mass is 9.90. The number of benzene rings is 1. The predicted molar refractivity (Wildman–Crippen MR) is 74.9 cm³/mol. The van der Waals surface area contributed by atoms with Crippen molar-refractivity contribution in [1.82, 2.24) is 5.32 Å². The Hall–Kier alpha value is -1.55. The minimum atomic E-state index is -0.0979. The summed E-state index contributed by atoms with van der Waals surface area (Å²) < 4.78 is 0. The number of aromatic hydroxyl groups is 1. The maximum atomic E-state index is 11.7. The van der Waals surface area contributed by atoms with E-state index < -0.39 is 0 Å². The third-order valence-corrected chi connectivity index (χ3v) is 3.17. The van der Waals surface area contributed by atoms with E-state index in [4.69, 9.17) is 5.11 Å². The second-order valence-corrected chi connectivity index (χ2v) is 5.54. The zero-order chi connectivity index (χ0) is 14.3. The Labute approximate surface area is 114 Å². The molecule has 0 atom stereocenters. The molecule has 1 aromatic carbocycles. The molecule has 0 aliphatic rings. The molecule has 19 heavy (non-hydrogen) atoms. The highest BCUT2D eigenvalue weighted by Crippen LogP contribution is 2.19. The highest BCUT2D eigenvalue weighted by molar-refractivity contribution is 5.76. The third kappa shape index (κ3) is 5.75. The summed E-state index contributed by atoms with van der Waals surface area (Å²) in [6.07, 6.45) is 1.54.